The monoisotopic (exact) mass is 359 g/mol. The van der Waals surface area contributed by atoms with Gasteiger partial charge in [0.05, 0.1) is 0 Å². The number of nitrogens with zero attached hydrogens (tertiary/aromatic N) is 2. The van der Waals surface area contributed by atoms with E-state index in [9.17, 15) is 0 Å². The van der Waals surface area contributed by atoms with Crippen LogP contribution in [0.4, 0.5) is 0 Å². The van der Waals surface area contributed by atoms with Crippen LogP contribution in [-0.4, -0.2) is 28.3 Å². The van der Waals surface area contributed by atoms with Crippen molar-refractivity contribution in [3.8, 4) is 5.95 Å². The van der Waals surface area contributed by atoms with Crippen molar-refractivity contribution < 1.29 is 0 Å². The Morgan fingerprint density at radius 1 is 1.14 bits per heavy atom. The Morgan fingerprint density at radius 3 is 2.71 bits per heavy atom. The molecule has 0 radical (unpaired) electrons. The van der Waals surface area contributed by atoms with Crippen LogP contribution in [0, 0.1) is 18.5 Å². The van der Waals surface area contributed by atoms with E-state index in [1.54, 1.807) is 0 Å². The number of nitrogens with one attached hydrogen (secondary N) is 1. The summed E-state index contributed by atoms with van der Waals surface area (Å²) in [4.78, 5) is 8.14. The van der Waals surface area contributed by atoms with E-state index < -0.39 is 0 Å². The first-order valence-electron chi connectivity index (χ1n) is 6.72. The number of fused-ring (bicyclic) bond motifs is 2. The van der Waals surface area contributed by atoms with Crippen molar-refractivity contribution in [3.05, 3.63) is 52.2 Å². The van der Waals surface area contributed by atoms with Crippen LogP contribution < -0.4 is 0 Å². The number of imidazole rings is 1. The molecule has 0 amide bonds. The molecule has 2 heterocycles. The van der Waals surface area contributed by atoms with Crippen LogP contribution in [0.1, 0.15) is 11.1 Å². The van der Waals surface area contributed by atoms with Crippen LogP contribution >= 0.6 is 12.2 Å². The second-order valence-electron chi connectivity index (χ2n) is 5.20. The van der Waals surface area contributed by atoms with Gasteiger partial charge in [-0.2, -0.15) is 0 Å². The van der Waals surface area contributed by atoms with Gasteiger partial charge >= 0.3 is 133 Å². The topological polar surface area (TPSA) is 33.6 Å². The molecule has 0 saturated heterocycles. The number of rotatable bonds is 1. The average molecular weight is 358 g/mol. The molecular weight excluding hydrogens is 345 g/mol. The molecule has 4 aromatic rings. The molecule has 1 N–H and O–H groups in total. The first-order valence-corrected chi connectivity index (χ1v) is 8.75. The molecule has 5 heteroatoms. The summed E-state index contributed by atoms with van der Waals surface area (Å²) in [6, 6.07) is 12.6. The number of aromatic nitrogens is 3. The predicted molar refractivity (Wildman–Crippen MR) is 90.2 cm³/mol. The van der Waals surface area contributed by atoms with Gasteiger partial charge in [-0.05, 0) is 0 Å². The van der Waals surface area contributed by atoms with Gasteiger partial charge in [-0.1, -0.05) is 0 Å². The van der Waals surface area contributed by atoms with Gasteiger partial charge < -0.3 is 0 Å². The third-order valence-electron chi connectivity index (χ3n) is 3.77. The zero-order valence-corrected chi connectivity index (χ0v) is 14.2. The van der Waals surface area contributed by atoms with Crippen LogP contribution in [0.15, 0.2) is 36.4 Å². The fraction of sp³-hybridized carbons (Fsp3) is 0.125. The van der Waals surface area contributed by atoms with Crippen LogP contribution in [0.2, 0.25) is 0 Å². The Balaban J connectivity index is 2.00. The van der Waals surface area contributed by atoms with Crippen molar-refractivity contribution in [1.29, 1.82) is 0 Å². The maximum absolute atomic E-state index is 5.62. The summed E-state index contributed by atoms with van der Waals surface area (Å²) in [5, 5.41) is 1.17. The van der Waals surface area contributed by atoms with E-state index in [0.29, 0.717) is 0 Å². The van der Waals surface area contributed by atoms with Crippen molar-refractivity contribution in [3.63, 3.8) is 0 Å². The molecule has 4 rings (SSSR count). The van der Waals surface area contributed by atoms with Gasteiger partial charge in [0.15, 0.2) is 0 Å². The molecule has 0 aliphatic carbocycles. The summed E-state index contributed by atoms with van der Waals surface area (Å²) in [7, 11) is 0. The quantitative estimate of drug-likeness (QED) is 0.413. The van der Waals surface area contributed by atoms with Crippen molar-refractivity contribution in [2.45, 2.75) is 13.8 Å². The van der Waals surface area contributed by atoms with Gasteiger partial charge in [-0.25, -0.2) is 0 Å². The molecule has 0 aliphatic heterocycles. The summed E-state index contributed by atoms with van der Waals surface area (Å²) < 4.78 is 4.33. The van der Waals surface area contributed by atoms with Gasteiger partial charge in [-0.3, -0.25) is 0 Å². The maximum atomic E-state index is 5.62. The van der Waals surface area contributed by atoms with E-state index in [1.807, 2.05) is 6.07 Å². The third kappa shape index (κ3) is 2.01. The molecule has 0 saturated carbocycles. The number of aryl methyl sites for hydroxylation is 2. The second-order valence-corrected chi connectivity index (χ2v) is 7.66. The van der Waals surface area contributed by atoms with E-state index in [-0.39, 0.29) is 14.7 Å². The normalized spacial score (nSPS) is 11.5. The van der Waals surface area contributed by atoms with E-state index >= 15 is 0 Å². The number of benzene rings is 2. The number of hydrogen-bond acceptors (Lipinski definition) is 2. The van der Waals surface area contributed by atoms with E-state index in [1.165, 1.54) is 20.8 Å². The van der Waals surface area contributed by atoms with Crippen molar-refractivity contribution in [1.82, 2.24) is 13.5 Å². The Morgan fingerprint density at radius 2 is 1.90 bits per heavy atom. The predicted octanol–water partition coefficient (Wildman–Crippen LogP) is 3.91. The van der Waals surface area contributed by atoms with E-state index in [4.69, 9.17) is 17.2 Å². The van der Waals surface area contributed by atoms with E-state index in [0.717, 1.165) is 21.6 Å². The van der Waals surface area contributed by atoms with Crippen molar-refractivity contribution in [2.24, 2.45) is 0 Å². The summed E-state index contributed by atoms with van der Waals surface area (Å²) in [5.41, 5.74) is 4.61. The van der Waals surface area contributed by atoms with Crippen LogP contribution in [0.25, 0.3) is 26.6 Å². The molecule has 104 valence electrons. The molecule has 0 fully saturated rings. The second kappa shape index (κ2) is 4.67. The molecule has 2 aromatic heterocycles. The number of aromatic amines is 1. The molecule has 0 aliphatic rings. The summed E-state index contributed by atoms with van der Waals surface area (Å²) in [6.07, 6.45) is 0. The Labute approximate surface area is 133 Å². The Hall–Kier alpha value is -1.68. The van der Waals surface area contributed by atoms with Crippen LogP contribution in [0.3, 0.4) is 0 Å². The Bertz CT molecular complexity index is 1000. The zero-order chi connectivity index (χ0) is 14.6. The fourth-order valence-electron chi connectivity index (χ4n) is 2.46. The van der Waals surface area contributed by atoms with Gasteiger partial charge in [0.1, 0.15) is 0 Å². The standard InChI is InChI=1S/C16H13N3SSe/c1-9-7-12-13(8-10(9)2)18-16(17-12)19-15(20)11-5-3-4-6-14(11)21-19/h3-8H,1-2H3,(H,17,18). The molecule has 0 atom stereocenters. The number of H-pyrrole nitrogens is 1. The minimum atomic E-state index is 0.158. The van der Waals surface area contributed by atoms with Gasteiger partial charge in [-0.15, -0.1) is 0 Å². The summed E-state index contributed by atoms with van der Waals surface area (Å²) in [5.74, 6) is 0.858. The molecule has 0 bridgehead atoms. The van der Waals surface area contributed by atoms with Crippen LogP contribution in [-0.2, 0) is 0 Å². The van der Waals surface area contributed by atoms with E-state index in [2.05, 4.69) is 52.7 Å². The molecular formula is C16H13N3SSe. The van der Waals surface area contributed by atoms with Crippen LogP contribution in [0.5, 0.6) is 0 Å². The van der Waals surface area contributed by atoms with Gasteiger partial charge in [0.25, 0.3) is 0 Å². The summed E-state index contributed by atoms with van der Waals surface area (Å²) >= 11 is 5.77. The molecule has 2 aromatic carbocycles. The van der Waals surface area contributed by atoms with Gasteiger partial charge in [0.2, 0.25) is 0 Å². The molecule has 0 unspecified atom stereocenters. The first-order chi connectivity index (χ1) is 10.1. The fourth-order valence-corrected chi connectivity index (χ4v) is 5.07. The average Bonchev–Trinajstić information content (AvgIpc) is 3.01. The van der Waals surface area contributed by atoms with Gasteiger partial charge in [0, 0.05) is 0 Å². The Kier molecular flexibility index (Phi) is 2.89. The third-order valence-corrected chi connectivity index (χ3v) is 6.72. The molecule has 21 heavy (non-hydrogen) atoms. The minimum absolute atomic E-state index is 0.158. The van der Waals surface area contributed by atoms with Crippen molar-refractivity contribution in [2.75, 3.05) is 0 Å². The first kappa shape index (κ1) is 13.0. The van der Waals surface area contributed by atoms with Crippen molar-refractivity contribution >= 4 is 47.6 Å². The molecule has 0 spiro atoms. The number of hydrogen-bond donors (Lipinski definition) is 1. The zero-order valence-electron chi connectivity index (χ0n) is 11.7. The SMILES string of the molecule is Cc1cc2nc(-n3[se]c4ccccc4c3=S)[nH]c2cc1C. The molecule has 3 nitrogen and oxygen atoms in total. The summed E-state index contributed by atoms with van der Waals surface area (Å²) in [6.45, 7) is 4.24.